The predicted octanol–water partition coefficient (Wildman–Crippen LogP) is 5.44. The molecule has 27 heavy (non-hydrogen) atoms. The van der Waals surface area contributed by atoms with Crippen molar-refractivity contribution in [2.24, 2.45) is 0 Å². The Kier molecular flexibility index (Phi) is 4.63. The van der Waals surface area contributed by atoms with Crippen molar-refractivity contribution in [2.75, 3.05) is 11.5 Å². The lowest BCUT2D eigenvalue weighted by Gasteiger charge is -2.28. The molecule has 0 bridgehead atoms. The minimum atomic E-state index is -0.339. The van der Waals surface area contributed by atoms with Gasteiger partial charge < -0.3 is 9.64 Å². The van der Waals surface area contributed by atoms with E-state index in [1.54, 1.807) is 19.1 Å². The number of carbonyl (C=O) groups is 1. The zero-order chi connectivity index (χ0) is 18.8. The lowest BCUT2D eigenvalue weighted by molar-refractivity contribution is 0.0526. The molecule has 4 rings (SSSR count). The molecule has 1 unspecified atom stereocenters. The van der Waals surface area contributed by atoms with E-state index in [-0.39, 0.29) is 17.8 Å². The number of nitrogens with zero attached hydrogens (tertiary/aromatic N) is 1. The molecule has 0 aromatic heterocycles. The van der Waals surface area contributed by atoms with E-state index in [2.05, 4.69) is 17.0 Å². The normalized spacial score (nSPS) is 15.5. The smallest absolute Gasteiger partial charge is 0.338 e. The lowest BCUT2D eigenvalue weighted by Crippen LogP contribution is -2.20. The zero-order valence-corrected chi connectivity index (χ0v) is 15.1. The van der Waals surface area contributed by atoms with Crippen LogP contribution in [0.2, 0.25) is 0 Å². The van der Waals surface area contributed by atoms with Gasteiger partial charge in [0.2, 0.25) is 0 Å². The molecule has 0 saturated heterocycles. The second-order valence-corrected chi connectivity index (χ2v) is 6.54. The molecule has 4 heteroatoms. The lowest BCUT2D eigenvalue weighted by atomic mass is 10.0. The Labute approximate surface area is 158 Å². The SMILES string of the molecule is CCOC(=O)c1cccc(N2c3ccc(F)cc3CC2c2ccccc2)c1. The molecule has 1 aliphatic rings. The van der Waals surface area contributed by atoms with E-state index in [0.717, 1.165) is 22.5 Å². The number of anilines is 2. The van der Waals surface area contributed by atoms with Gasteiger partial charge in [-0.15, -0.1) is 0 Å². The van der Waals surface area contributed by atoms with Crippen molar-refractivity contribution in [3.8, 4) is 0 Å². The Morgan fingerprint density at radius 1 is 1.07 bits per heavy atom. The Morgan fingerprint density at radius 3 is 2.67 bits per heavy atom. The molecule has 0 spiro atoms. The van der Waals surface area contributed by atoms with Crippen LogP contribution in [-0.4, -0.2) is 12.6 Å². The van der Waals surface area contributed by atoms with Crippen LogP contribution in [0.4, 0.5) is 15.8 Å². The maximum atomic E-state index is 13.8. The molecule has 3 nitrogen and oxygen atoms in total. The third-order valence-electron chi connectivity index (χ3n) is 4.85. The molecule has 0 aliphatic carbocycles. The molecular formula is C23H20FNO2. The first kappa shape index (κ1) is 17.3. The van der Waals surface area contributed by atoms with E-state index in [4.69, 9.17) is 4.74 Å². The molecule has 0 amide bonds. The van der Waals surface area contributed by atoms with Crippen molar-refractivity contribution in [3.05, 3.63) is 95.3 Å². The van der Waals surface area contributed by atoms with E-state index in [1.807, 2.05) is 42.5 Å². The molecule has 0 fully saturated rings. The molecule has 1 atom stereocenters. The highest BCUT2D eigenvalue weighted by Crippen LogP contribution is 2.45. The summed E-state index contributed by atoms with van der Waals surface area (Å²) in [6.07, 6.45) is 0.709. The highest BCUT2D eigenvalue weighted by molar-refractivity contribution is 5.91. The van der Waals surface area contributed by atoms with Crippen molar-refractivity contribution in [2.45, 2.75) is 19.4 Å². The maximum absolute atomic E-state index is 13.8. The molecule has 1 heterocycles. The van der Waals surface area contributed by atoms with Crippen LogP contribution >= 0.6 is 0 Å². The van der Waals surface area contributed by atoms with Gasteiger partial charge in [-0.05, 0) is 60.9 Å². The number of benzene rings is 3. The van der Waals surface area contributed by atoms with Crippen molar-refractivity contribution in [3.63, 3.8) is 0 Å². The van der Waals surface area contributed by atoms with Crippen LogP contribution in [0.3, 0.4) is 0 Å². The standard InChI is InChI=1S/C23H20FNO2/c1-2-27-23(26)17-9-6-10-20(14-17)25-21-12-11-19(24)13-18(21)15-22(25)16-7-4-3-5-8-16/h3-14,22H,2,15H2,1H3. The van der Waals surface area contributed by atoms with Gasteiger partial charge >= 0.3 is 5.97 Å². The second kappa shape index (κ2) is 7.23. The molecule has 3 aromatic rings. The third-order valence-corrected chi connectivity index (χ3v) is 4.85. The molecule has 0 saturated carbocycles. The number of halogens is 1. The highest BCUT2D eigenvalue weighted by atomic mass is 19.1. The summed E-state index contributed by atoms with van der Waals surface area (Å²) in [5.41, 5.74) is 4.48. The van der Waals surface area contributed by atoms with E-state index < -0.39 is 0 Å². The fourth-order valence-electron chi connectivity index (χ4n) is 3.68. The second-order valence-electron chi connectivity index (χ2n) is 6.54. The number of carbonyl (C=O) groups excluding carboxylic acids is 1. The van der Waals surface area contributed by atoms with Gasteiger partial charge in [-0.25, -0.2) is 9.18 Å². The minimum Gasteiger partial charge on any atom is -0.462 e. The predicted molar refractivity (Wildman–Crippen MR) is 104 cm³/mol. The minimum absolute atomic E-state index is 0.0421. The fourth-order valence-corrected chi connectivity index (χ4v) is 3.68. The van der Waals surface area contributed by atoms with Crippen LogP contribution in [0, 0.1) is 5.82 Å². The number of hydrogen-bond donors (Lipinski definition) is 0. The van der Waals surface area contributed by atoms with Crippen molar-refractivity contribution in [1.29, 1.82) is 0 Å². The molecule has 3 aromatic carbocycles. The first-order valence-electron chi connectivity index (χ1n) is 9.07. The van der Waals surface area contributed by atoms with Gasteiger partial charge in [-0.1, -0.05) is 36.4 Å². The maximum Gasteiger partial charge on any atom is 0.338 e. The summed E-state index contributed by atoms with van der Waals surface area (Å²) < 4.78 is 18.9. The molecule has 1 aliphatic heterocycles. The third kappa shape index (κ3) is 3.31. The average molecular weight is 361 g/mol. The number of hydrogen-bond acceptors (Lipinski definition) is 3. The van der Waals surface area contributed by atoms with E-state index in [0.29, 0.717) is 18.6 Å². The summed E-state index contributed by atoms with van der Waals surface area (Å²) in [6, 6.07) is 22.5. The largest absolute Gasteiger partial charge is 0.462 e. The Hall–Kier alpha value is -3.14. The van der Waals surface area contributed by atoms with Crippen LogP contribution < -0.4 is 4.90 Å². The summed E-state index contributed by atoms with van der Waals surface area (Å²) in [5, 5.41) is 0. The first-order valence-corrected chi connectivity index (χ1v) is 9.07. The number of ether oxygens (including phenoxy) is 1. The van der Waals surface area contributed by atoms with E-state index in [1.165, 1.54) is 6.07 Å². The fraction of sp³-hybridized carbons (Fsp3) is 0.174. The number of fused-ring (bicyclic) bond motifs is 1. The van der Waals surface area contributed by atoms with Crippen molar-refractivity contribution >= 4 is 17.3 Å². The molecule has 0 radical (unpaired) electrons. The summed E-state index contributed by atoms with van der Waals surface area (Å²) in [6.45, 7) is 2.12. The van der Waals surface area contributed by atoms with E-state index >= 15 is 0 Å². The van der Waals surface area contributed by atoms with Crippen molar-refractivity contribution < 1.29 is 13.9 Å². The molecular weight excluding hydrogens is 341 g/mol. The number of rotatable bonds is 4. The van der Waals surface area contributed by atoms with E-state index in [9.17, 15) is 9.18 Å². The molecule has 0 N–H and O–H groups in total. The van der Waals surface area contributed by atoms with Gasteiger partial charge in [0.15, 0.2) is 0 Å². The van der Waals surface area contributed by atoms with Crippen LogP contribution in [0.5, 0.6) is 0 Å². The van der Waals surface area contributed by atoms with Crippen LogP contribution in [-0.2, 0) is 11.2 Å². The van der Waals surface area contributed by atoms with Crippen LogP contribution in [0.1, 0.15) is 34.5 Å². The summed E-state index contributed by atoms with van der Waals surface area (Å²) in [7, 11) is 0. The Balaban J connectivity index is 1.80. The highest BCUT2D eigenvalue weighted by Gasteiger charge is 2.32. The van der Waals surface area contributed by atoms with Crippen molar-refractivity contribution in [1.82, 2.24) is 0 Å². The summed E-state index contributed by atoms with van der Waals surface area (Å²) >= 11 is 0. The monoisotopic (exact) mass is 361 g/mol. The summed E-state index contributed by atoms with van der Waals surface area (Å²) in [4.78, 5) is 14.3. The number of esters is 1. The topological polar surface area (TPSA) is 29.5 Å². The van der Waals surface area contributed by atoms with Gasteiger partial charge in [-0.2, -0.15) is 0 Å². The Morgan fingerprint density at radius 2 is 1.89 bits per heavy atom. The summed E-state index contributed by atoms with van der Waals surface area (Å²) in [5.74, 6) is -0.572. The van der Waals surface area contributed by atoms with Gasteiger partial charge in [0.05, 0.1) is 18.2 Å². The quantitative estimate of drug-likeness (QED) is 0.580. The van der Waals surface area contributed by atoms with Gasteiger partial charge in [0.25, 0.3) is 0 Å². The zero-order valence-electron chi connectivity index (χ0n) is 15.1. The van der Waals surface area contributed by atoms with Crippen LogP contribution in [0.25, 0.3) is 0 Å². The van der Waals surface area contributed by atoms with Crippen LogP contribution in [0.15, 0.2) is 72.8 Å². The van der Waals surface area contributed by atoms with Gasteiger partial charge in [0.1, 0.15) is 5.82 Å². The van der Waals surface area contributed by atoms with Gasteiger partial charge in [-0.3, -0.25) is 0 Å². The molecule has 136 valence electrons. The average Bonchev–Trinajstić information content (AvgIpc) is 3.07. The first-order chi connectivity index (χ1) is 13.2. The Bertz CT molecular complexity index is 971. The van der Waals surface area contributed by atoms with Gasteiger partial charge in [0, 0.05) is 11.4 Å².